The van der Waals surface area contributed by atoms with Gasteiger partial charge in [0.1, 0.15) is 0 Å². The number of benzene rings is 1. The van der Waals surface area contributed by atoms with E-state index in [1.54, 1.807) is 0 Å². The van der Waals surface area contributed by atoms with Crippen LogP contribution < -0.4 is 5.32 Å². The second kappa shape index (κ2) is 7.73. The summed E-state index contributed by atoms with van der Waals surface area (Å²) in [6, 6.07) is 8.23. The molecule has 0 spiro atoms. The van der Waals surface area contributed by atoms with E-state index >= 15 is 0 Å². The van der Waals surface area contributed by atoms with Gasteiger partial charge in [-0.2, -0.15) is 0 Å². The lowest BCUT2D eigenvalue weighted by Crippen LogP contribution is -2.28. The topological polar surface area (TPSA) is 12.0 Å². The fraction of sp³-hybridized carbons (Fsp3) is 0.600. The Balaban J connectivity index is 2.51. The molecular formula is C15H24ClN. The minimum absolute atomic E-state index is 0.697. The Morgan fingerprint density at radius 3 is 2.35 bits per heavy atom. The predicted octanol–water partition coefficient (Wildman–Crippen LogP) is 4.15. The molecule has 0 aliphatic carbocycles. The summed E-state index contributed by atoms with van der Waals surface area (Å²) in [6.07, 6.45) is 2.33. The molecule has 1 rings (SSSR count). The lowest BCUT2D eigenvalue weighted by Gasteiger charge is -2.21. The van der Waals surface area contributed by atoms with Crippen LogP contribution in [0.25, 0.3) is 0 Å². The van der Waals surface area contributed by atoms with Crippen LogP contribution in [0.2, 0.25) is 5.02 Å². The molecule has 0 bridgehead atoms. The van der Waals surface area contributed by atoms with Crippen LogP contribution in [0.4, 0.5) is 0 Å². The molecule has 1 nitrogen and oxygen atoms in total. The summed E-state index contributed by atoms with van der Waals surface area (Å²) in [5.41, 5.74) is 1.38. The molecule has 0 heterocycles. The number of nitrogens with one attached hydrogen (secondary N) is 1. The monoisotopic (exact) mass is 253 g/mol. The molecule has 0 saturated carbocycles. The van der Waals surface area contributed by atoms with E-state index in [9.17, 15) is 0 Å². The minimum Gasteiger partial charge on any atom is -0.316 e. The first-order valence-electron chi connectivity index (χ1n) is 6.58. The smallest absolute Gasteiger partial charge is 0.0406 e. The lowest BCUT2D eigenvalue weighted by atomic mass is 9.89. The summed E-state index contributed by atoms with van der Waals surface area (Å²) >= 11 is 5.90. The van der Waals surface area contributed by atoms with E-state index in [0.29, 0.717) is 11.8 Å². The molecule has 0 aliphatic heterocycles. The maximum absolute atomic E-state index is 5.90. The SMILES string of the molecule is CCCNCC(Cc1ccc(Cl)cc1)C(C)C. The maximum atomic E-state index is 5.90. The quantitative estimate of drug-likeness (QED) is 0.720. The summed E-state index contributed by atoms with van der Waals surface area (Å²) in [6.45, 7) is 9.02. The highest BCUT2D eigenvalue weighted by Gasteiger charge is 2.13. The highest BCUT2D eigenvalue weighted by Crippen LogP contribution is 2.18. The van der Waals surface area contributed by atoms with Gasteiger partial charge in [0.05, 0.1) is 0 Å². The number of hydrogen-bond acceptors (Lipinski definition) is 1. The van der Waals surface area contributed by atoms with E-state index in [2.05, 4.69) is 38.2 Å². The van der Waals surface area contributed by atoms with Gasteiger partial charge in [0.15, 0.2) is 0 Å². The largest absolute Gasteiger partial charge is 0.316 e. The zero-order valence-electron chi connectivity index (χ0n) is 11.2. The van der Waals surface area contributed by atoms with E-state index in [0.717, 1.165) is 24.5 Å². The Hall–Kier alpha value is -0.530. The molecule has 17 heavy (non-hydrogen) atoms. The predicted molar refractivity (Wildman–Crippen MR) is 76.6 cm³/mol. The molecule has 96 valence electrons. The van der Waals surface area contributed by atoms with Gasteiger partial charge < -0.3 is 5.32 Å². The van der Waals surface area contributed by atoms with Crippen LogP contribution in [0.3, 0.4) is 0 Å². The zero-order chi connectivity index (χ0) is 12.7. The van der Waals surface area contributed by atoms with Gasteiger partial charge in [0, 0.05) is 5.02 Å². The summed E-state index contributed by atoms with van der Waals surface area (Å²) in [7, 11) is 0. The Labute approximate surface area is 111 Å². The normalized spacial score (nSPS) is 13.0. The van der Waals surface area contributed by atoms with Gasteiger partial charge in [-0.15, -0.1) is 0 Å². The second-order valence-electron chi connectivity index (χ2n) is 5.04. The van der Waals surface area contributed by atoms with Gasteiger partial charge in [0.25, 0.3) is 0 Å². The van der Waals surface area contributed by atoms with Crippen molar-refractivity contribution in [3.8, 4) is 0 Å². The Morgan fingerprint density at radius 2 is 1.82 bits per heavy atom. The third kappa shape index (κ3) is 5.56. The molecule has 1 aromatic carbocycles. The average molecular weight is 254 g/mol. The highest BCUT2D eigenvalue weighted by molar-refractivity contribution is 6.30. The molecule has 0 aromatic heterocycles. The van der Waals surface area contributed by atoms with Crippen LogP contribution in [0.15, 0.2) is 24.3 Å². The summed E-state index contributed by atoms with van der Waals surface area (Å²) < 4.78 is 0. The third-order valence-corrected chi connectivity index (χ3v) is 3.44. The first kappa shape index (κ1) is 14.5. The Kier molecular flexibility index (Phi) is 6.61. The van der Waals surface area contributed by atoms with Gasteiger partial charge in [0.2, 0.25) is 0 Å². The van der Waals surface area contributed by atoms with Crippen LogP contribution >= 0.6 is 11.6 Å². The molecule has 0 amide bonds. The maximum Gasteiger partial charge on any atom is 0.0406 e. The third-order valence-electron chi connectivity index (χ3n) is 3.19. The van der Waals surface area contributed by atoms with Crippen molar-refractivity contribution in [1.29, 1.82) is 0 Å². The molecule has 0 aliphatic rings. The molecule has 1 aromatic rings. The molecule has 2 heteroatoms. The van der Waals surface area contributed by atoms with E-state index in [-0.39, 0.29) is 0 Å². The summed E-state index contributed by atoms with van der Waals surface area (Å²) in [4.78, 5) is 0. The van der Waals surface area contributed by atoms with Crippen LogP contribution in [-0.4, -0.2) is 13.1 Å². The Morgan fingerprint density at radius 1 is 1.18 bits per heavy atom. The standard InChI is InChI=1S/C15H24ClN/c1-4-9-17-11-14(12(2)3)10-13-5-7-15(16)8-6-13/h5-8,12,14,17H,4,9-11H2,1-3H3. The van der Waals surface area contributed by atoms with Crippen LogP contribution in [-0.2, 0) is 6.42 Å². The second-order valence-corrected chi connectivity index (χ2v) is 5.48. The van der Waals surface area contributed by atoms with Crippen molar-refractivity contribution in [2.45, 2.75) is 33.6 Å². The summed E-state index contributed by atoms with van der Waals surface area (Å²) in [5.74, 6) is 1.40. The molecule has 0 saturated heterocycles. The fourth-order valence-electron chi connectivity index (χ4n) is 1.93. The summed E-state index contributed by atoms with van der Waals surface area (Å²) in [5, 5.41) is 4.34. The lowest BCUT2D eigenvalue weighted by molar-refractivity contribution is 0.361. The first-order chi connectivity index (χ1) is 8.13. The van der Waals surface area contributed by atoms with Gasteiger partial charge in [-0.05, 0) is 55.5 Å². The van der Waals surface area contributed by atoms with E-state index in [1.807, 2.05) is 12.1 Å². The fourth-order valence-corrected chi connectivity index (χ4v) is 2.06. The Bertz CT molecular complexity index is 305. The number of rotatable bonds is 7. The highest BCUT2D eigenvalue weighted by atomic mass is 35.5. The van der Waals surface area contributed by atoms with Crippen molar-refractivity contribution in [2.75, 3.05) is 13.1 Å². The van der Waals surface area contributed by atoms with Crippen molar-refractivity contribution in [2.24, 2.45) is 11.8 Å². The van der Waals surface area contributed by atoms with Crippen molar-refractivity contribution in [3.63, 3.8) is 0 Å². The molecule has 0 radical (unpaired) electrons. The molecular weight excluding hydrogens is 230 g/mol. The van der Waals surface area contributed by atoms with Gasteiger partial charge in [-0.1, -0.05) is 44.5 Å². The average Bonchev–Trinajstić information content (AvgIpc) is 2.30. The molecule has 1 N–H and O–H groups in total. The van der Waals surface area contributed by atoms with Crippen LogP contribution in [0.5, 0.6) is 0 Å². The van der Waals surface area contributed by atoms with Crippen molar-refractivity contribution in [3.05, 3.63) is 34.9 Å². The molecule has 1 unspecified atom stereocenters. The number of hydrogen-bond donors (Lipinski definition) is 1. The van der Waals surface area contributed by atoms with Crippen molar-refractivity contribution < 1.29 is 0 Å². The van der Waals surface area contributed by atoms with E-state index < -0.39 is 0 Å². The zero-order valence-corrected chi connectivity index (χ0v) is 11.9. The first-order valence-corrected chi connectivity index (χ1v) is 6.96. The van der Waals surface area contributed by atoms with E-state index in [1.165, 1.54) is 12.0 Å². The van der Waals surface area contributed by atoms with Gasteiger partial charge in [-0.3, -0.25) is 0 Å². The molecule has 0 fully saturated rings. The van der Waals surface area contributed by atoms with Gasteiger partial charge >= 0.3 is 0 Å². The molecule has 1 atom stereocenters. The van der Waals surface area contributed by atoms with E-state index in [4.69, 9.17) is 11.6 Å². The van der Waals surface area contributed by atoms with Crippen LogP contribution in [0.1, 0.15) is 32.8 Å². The van der Waals surface area contributed by atoms with Crippen molar-refractivity contribution in [1.82, 2.24) is 5.32 Å². The minimum atomic E-state index is 0.697. The van der Waals surface area contributed by atoms with Crippen LogP contribution in [0, 0.1) is 11.8 Å². The van der Waals surface area contributed by atoms with Gasteiger partial charge in [-0.25, -0.2) is 0 Å². The number of halogens is 1. The van der Waals surface area contributed by atoms with Crippen molar-refractivity contribution >= 4 is 11.6 Å².